The zero-order valence-electron chi connectivity index (χ0n) is 34.3. The lowest BCUT2D eigenvalue weighted by atomic mass is 9.92. The standard InChI is InChI=1S/C44H46F4N8O5/c1-25-39-27(7-5-9-35(39)56(51-25)36-12-13-38(58)50-42(36)59)14-16-53-17-19-54(20-18-53)29-10-11-30(37(21-29)61-44(46,47)48)32-22-31(28-8-6-15-55(24-28)26(2)57)40(45)41-33(32)23-34(49-41)43(60)52(3)4/h5,7-11,21-23,36,49H,6,12-20,24H2,1-4H3,(H,50,58,59). The van der Waals surface area contributed by atoms with Crippen LogP contribution < -0.4 is 15.0 Å². The number of fused-ring (bicyclic) bond motifs is 2. The summed E-state index contributed by atoms with van der Waals surface area (Å²) in [6.07, 6.45) is -1.43. The van der Waals surface area contributed by atoms with Crippen molar-refractivity contribution in [1.29, 1.82) is 0 Å². The Morgan fingerprint density at radius 1 is 0.984 bits per heavy atom. The Bertz CT molecular complexity index is 2610. The maximum Gasteiger partial charge on any atom is 0.573 e. The van der Waals surface area contributed by atoms with Gasteiger partial charge in [0.1, 0.15) is 17.5 Å². The molecule has 3 aliphatic heterocycles. The van der Waals surface area contributed by atoms with Crippen LogP contribution in [0.5, 0.6) is 5.75 Å². The molecule has 320 valence electrons. The summed E-state index contributed by atoms with van der Waals surface area (Å²) in [6, 6.07) is 12.9. The normalized spacial score (nSPS) is 17.8. The van der Waals surface area contributed by atoms with Crippen molar-refractivity contribution in [3.63, 3.8) is 0 Å². The van der Waals surface area contributed by atoms with Crippen LogP contribution in [0.15, 0.2) is 54.6 Å². The average molecular weight is 843 g/mol. The fourth-order valence-corrected chi connectivity index (χ4v) is 8.75. The van der Waals surface area contributed by atoms with E-state index in [4.69, 9.17) is 9.84 Å². The number of aromatic amines is 1. The maximum absolute atomic E-state index is 16.4. The van der Waals surface area contributed by atoms with Crippen LogP contribution in [0.4, 0.5) is 23.2 Å². The molecule has 1 unspecified atom stereocenters. The van der Waals surface area contributed by atoms with Gasteiger partial charge in [0.15, 0.2) is 5.82 Å². The van der Waals surface area contributed by atoms with Crippen molar-refractivity contribution in [1.82, 2.24) is 34.8 Å². The minimum Gasteiger partial charge on any atom is -0.405 e. The number of hydrogen-bond donors (Lipinski definition) is 2. The lowest BCUT2D eigenvalue weighted by Gasteiger charge is -2.36. The van der Waals surface area contributed by atoms with E-state index in [9.17, 15) is 32.3 Å². The van der Waals surface area contributed by atoms with Crippen LogP contribution in [0.25, 0.3) is 38.5 Å². The van der Waals surface area contributed by atoms with Gasteiger partial charge in [0.25, 0.3) is 11.8 Å². The molecule has 0 aliphatic carbocycles. The van der Waals surface area contributed by atoms with Crippen molar-refractivity contribution in [3.8, 4) is 16.9 Å². The zero-order valence-corrected chi connectivity index (χ0v) is 34.3. The van der Waals surface area contributed by atoms with Gasteiger partial charge in [-0.25, -0.2) is 4.39 Å². The number of benzene rings is 3. The van der Waals surface area contributed by atoms with Gasteiger partial charge in [-0.2, -0.15) is 5.10 Å². The van der Waals surface area contributed by atoms with Crippen LogP contribution in [0.2, 0.25) is 0 Å². The molecular formula is C44H46F4N8O5. The summed E-state index contributed by atoms with van der Waals surface area (Å²) in [4.78, 5) is 59.8. The number of hydrogen-bond acceptors (Lipinski definition) is 8. The molecule has 0 saturated carbocycles. The molecule has 0 bridgehead atoms. The first-order valence-corrected chi connectivity index (χ1v) is 20.3. The van der Waals surface area contributed by atoms with E-state index in [2.05, 4.69) is 15.2 Å². The molecule has 1 atom stereocenters. The van der Waals surface area contributed by atoms with E-state index in [1.165, 1.54) is 36.1 Å². The maximum atomic E-state index is 16.4. The van der Waals surface area contributed by atoms with Crippen molar-refractivity contribution in [3.05, 3.63) is 82.9 Å². The van der Waals surface area contributed by atoms with Crippen LogP contribution in [0, 0.1) is 12.7 Å². The molecule has 3 aliphatic rings. The predicted molar refractivity (Wildman–Crippen MR) is 221 cm³/mol. The van der Waals surface area contributed by atoms with Gasteiger partial charge in [0.05, 0.1) is 16.7 Å². The number of alkyl halides is 3. The van der Waals surface area contributed by atoms with E-state index in [1.807, 2.05) is 36.1 Å². The molecule has 4 amide bonds. The molecule has 3 aromatic carbocycles. The number of ether oxygens (including phenoxy) is 1. The number of nitrogens with zero attached hydrogens (tertiary/aromatic N) is 6. The summed E-state index contributed by atoms with van der Waals surface area (Å²) in [7, 11) is 3.08. The van der Waals surface area contributed by atoms with Gasteiger partial charge in [-0.3, -0.25) is 34.1 Å². The number of H-pyrrole nitrogens is 1. The van der Waals surface area contributed by atoms with Gasteiger partial charge in [-0.05, 0) is 73.2 Å². The van der Waals surface area contributed by atoms with E-state index in [-0.39, 0.29) is 64.0 Å². The molecule has 17 heteroatoms. The molecule has 13 nitrogen and oxygen atoms in total. The lowest BCUT2D eigenvalue weighted by Crippen LogP contribution is -2.47. The lowest BCUT2D eigenvalue weighted by molar-refractivity contribution is -0.274. The zero-order chi connectivity index (χ0) is 43.3. The van der Waals surface area contributed by atoms with Crippen molar-refractivity contribution in [2.24, 2.45) is 0 Å². The number of aromatic nitrogens is 3. The van der Waals surface area contributed by atoms with E-state index in [0.29, 0.717) is 63.2 Å². The third-order valence-electron chi connectivity index (χ3n) is 11.8. The Morgan fingerprint density at radius 2 is 1.75 bits per heavy atom. The Kier molecular flexibility index (Phi) is 11.1. The molecule has 2 saturated heterocycles. The molecule has 2 fully saturated rings. The third kappa shape index (κ3) is 8.30. The van der Waals surface area contributed by atoms with Crippen LogP contribution in [0.1, 0.15) is 59.5 Å². The van der Waals surface area contributed by atoms with Crippen molar-refractivity contribution >= 4 is 56.7 Å². The van der Waals surface area contributed by atoms with Crippen LogP contribution in [-0.2, 0) is 20.8 Å². The number of anilines is 1. The summed E-state index contributed by atoms with van der Waals surface area (Å²) in [5, 5.41) is 8.29. The highest BCUT2D eigenvalue weighted by molar-refractivity contribution is 6.05. The highest BCUT2D eigenvalue weighted by atomic mass is 19.4. The number of piperidine rings is 1. The second-order valence-electron chi connectivity index (χ2n) is 16.0. The van der Waals surface area contributed by atoms with Gasteiger partial charge >= 0.3 is 6.36 Å². The number of carbonyl (C=O) groups is 4. The largest absolute Gasteiger partial charge is 0.573 e. The van der Waals surface area contributed by atoms with E-state index in [0.717, 1.165) is 28.7 Å². The van der Waals surface area contributed by atoms with Gasteiger partial charge in [0.2, 0.25) is 11.8 Å². The smallest absolute Gasteiger partial charge is 0.405 e. The Labute approximate surface area is 348 Å². The minimum absolute atomic E-state index is 0.0498. The summed E-state index contributed by atoms with van der Waals surface area (Å²) < 4.78 is 65.4. The molecule has 2 N–H and O–H groups in total. The second-order valence-corrected chi connectivity index (χ2v) is 16.0. The number of nitrogens with one attached hydrogen (secondary N) is 2. The minimum atomic E-state index is -5.05. The van der Waals surface area contributed by atoms with Crippen LogP contribution in [-0.4, -0.2) is 119 Å². The molecule has 0 spiro atoms. The number of carbonyl (C=O) groups excluding carboxylic acids is 4. The van der Waals surface area contributed by atoms with E-state index < -0.39 is 29.9 Å². The number of amides is 4. The number of aryl methyl sites for hydroxylation is 1. The molecule has 61 heavy (non-hydrogen) atoms. The molecule has 5 aromatic rings. The topological polar surface area (TPSA) is 136 Å². The number of halogens is 4. The first kappa shape index (κ1) is 41.5. The predicted octanol–water partition coefficient (Wildman–Crippen LogP) is 6.21. The molecule has 5 heterocycles. The van der Waals surface area contributed by atoms with E-state index >= 15 is 4.39 Å². The van der Waals surface area contributed by atoms with Gasteiger partial charge in [-0.1, -0.05) is 18.2 Å². The number of imide groups is 1. The van der Waals surface area contributed by atoms with E-state index in [1.54, 1.807) is 29.7 Å². The summed E-state index contributed by atoms with van der Waals surface area (Å²) in [6.45, 7) is 6.96. The fraction of sp³-hybridized carbons (Fsp3) is 0.386. The molecule has 0 radical (unpaired) electrons. The van der Waals surface area contributed by atoms with Crippen molar-refractivity contribution < 1.29 is 41.5 Å². The quantitative estimate of drug-likeness (QED) is 0.132. The summed E-state index contributed by atoms with van der Waals surface area (Å²) in [5.41, 5.74) is 4.12. The molecule has 2 aromatic heterocycles. The Hall–Kier alpha value is -6.23. The molecular weight excluding hydrogens is 797 g/mol. The second kappa shape index (κ2) is 16.3. The number of rotatable bonds is 9. The molecule has 8 rings (SSSR count). The van der Waals surface area contributed by atoms with Gasteiger partial charge in [-0.15, -0.1) is 13.2 Å². The summed E-state index contributed by atoms with van der Waals surface area (Å²) in [5.74, 6) is -2.44. The first-order chi connectivity index (χ1) is 29.1. The fourth-order valence-electron chi connectivity index (χ4n) is 8.75. The Balaban J connectivity index is 1.05. The average Bonchev–Trinajstić information content (AvgIpc) is 3.82. The number of piperazine rings is 1. The summed E-state index contributed by atoms with van der Waals surface area (Å²) >= 11 is 0. The van der Waals surface area contributed by atoms with Gasteiger partial charge < -0.3 is 24.4 Å². The van der Waals surface area contributed by atoms with Gasteiger partial charge in [0, 0.05) is 107 Å². The van der Waals surface area contributed by atoms with Crippen LogP contribution >= 0.6 is 0 Å². The van der Waals surface area contributed by atoms with Crippen molar-refractivity contribution in [2.75, 3.05) is 64.8 Å². The SMILES string of the molecule is CC(=O)N1CCC=C(c2cc(-c3ccc(N4CCN(CCc5cccc6c5c(C)nn6C5CCC(=O)NC5=O)CC4)cc3OC(F)(F)F)c3cc(C(=O)N(C)C)[nH]c3c2F)C1. The first-order valence-electron chi connectivity index (χ1n) is 20.3. The van der Waals surface area contributed by atoms with Crippen LogP contribution in [0.3, 0.4) is 0 Å². The highest BCUT2D eigenvalue weighted by Gasteiger charge is 2.34. The Morgan fingerprint density at radius 3 is 2.46 bits per heavy atom. The monoisotopic (exact) mass is 842 g/mol. The van der Waals surface area contributed by atoms with Crippen molar-refractivity contribution in [2.45, 2.75) is 51.9 Å². The highest BCUT2D eigenvalue weighted by Crippen LogP contribution is 2.43. The third-order valence-corrected chi connectivity index (χ3v) is 11.8.